The molecule has 24 heavy (non-hydrogen) atoms. The lowest BCUT2D eigenvalue weighted by Gasteiger charge is -2.42. The van der Waals surface area contributed by atoms with Gasteiger partial charge in [-0.15, -0.1) is 0 Å². The van der Waals surface area contributed by atoms with Crippen LogP contribution in [0.5, 0.6) is 0 Å². The van der Waals surface area contributed by atoms with Gasteiger partial charge in [-0.3, -0.25) is 19.2 Å². The lowest BCUT2D eigenvalue weighted by atomic mass is 9.98. The normalized spacial score (nSPS) is 29.3. The first kappa shape index (κ1) is 19.8. The zero-order chi connectivity index (χ0) is 18.4. The molecule has 136 valence electrons. The van der Waals surface area contributed by atoms with Gasteiger partial charge in [-0.2, -0.15) is 0 Å². The van der Waals surface area contributed by atoms with E-state index in [-0.39, 0.29) is 6.61 Å². The van der Waals surface area contributed by atoms with Gasteiger partial charge in [0.25, 0.3) is 0 Å². The van der Waals surface area contributed by atoms with Gasteiger partial charge in [0.2, 0.25) is 0 Å². The highest BCUT2D eigenvalue weighted by molar-refractivity contribution is 5.68. The molecular weight excluding hydrogens is 328 g/mol. The lowest BCUT2D eigenvalue weighted by Crippen LogP contribution is -2.62. The number of aliphatic hydroxyl groups excluding tert-OH is 1. The average molecular weight is 348 g/mol. The molecule has 0 aromatic heterocycles. The van der Waals surface area contributed by atoms with Gasteiger partial charge in [0, 0.05) is 27.7 Å². The van der Waals surface area contributed by atoms with Crippen molar-refractivity contribution in [2.45, 2.75) is 58.4 Å². The maximum Gasteiger partial charge on any atom is 0.303 e. The van der Waals surface area contributed by atoms with Crippen molar-refractivity contribution in [3.05, 3.63) is 0 Å². The molecule has 1 aliphatic heterocycles. The summed E-state index contributed by atoms with van der Waals surface area (Å²) in [4.78, 5) is 44.9. The molecule has 1 N–H and O–H groups in total. The van der Waals surface area contributed by atoms with Gasteiger partial charge < -0.3 is 28.8 Å². The topological polar surface area (TPSA) is 135 Å². The van der Waals surface area contributed by atoms with Crippen molar-refractivity contribution in [2.24, 2.45) is 0 Å². The fraction of sp³-hybridized carbons (Fsp3) is 0.714. The van der Waals surface area contributed by atoms with E-state index in [4.69, 9.17) is 23.7 Å². The summed E-state index contributed by atoms with van der Waals surface area (Å²) < 4.78 is 25.0. The van der Waals surface area contributed by atoms with Crippen LogP contribution in [-0.4, -0.2) is 66.3 Å². The summed E-state index contributed by atoms with van der Waals surface area (Å²) in [6.45, 7) is 4.09. The molecule has 1 rings (SSSR count). The molecule has 1 fully saturated rings. The van der Waals surface area contributed by atoms with Gasteiger partial charge in [0.15, 0.2) is 24.6 Å². The molecule has 10 nitrogen and oxygen atoms in total. The molecular formula is C14H20O10. The number of ether oxygens (including phenoxy) is 5. The highest BCUT2D eigenvalue weighted by Gasteiger charge is 2.51. The Kier molecular flexibility index (Phi) is 7.11. The van der Waals surface area contributed by atoms with E-state index in [9.17, 15) is 24.3 Å². The van der Waals surface area contributed by atoms with Crippen LogP contribution in [0.3, 0.4) is 0 Å². The summed E-state index contributed by atoms with van der Waals surface area (Å²) in [5.74, 6) is -2.87. The molecule has 0 aromatic rings. The van der Waals surface area contributed by atoms with E-state index >= 15 is 0 Å². The Bertz CT molecular complexity index is 502. The fourth-order valence-electron chi connectivity index (χ4n) is 2.21. The Balaban J connectivity index is 3.11. The summed E-state index contributed by atoms with van der Waals surface area (Å²) in [6.07, 6.45) is -6.79. The minimum atomic E-state index is -1.68. The van der Waals surface area contributed by atoms with E-state index < -0.39 is 54.6 Å². The summed E-state index contributed by atoms with van der Waals surface area (Å²) in [6, 6.07) is 0. The van der Waals surface area contributed by atoms with Crippen LogP contribution in [0.15, 0.2) is 0 Å². The van der Waals surface area contributed by atoms with Gasteiger partial charge >= 0.3 is 23.9 Å². The quantitative estimate of drug-likeness (QED) is 0.490. The van der Waals surface area contributed by atoms with Crippen LogP contribution in [0.25, 0.3) is 0 Å². The number of hydrogen-bond acceptors (Lipinski definition) is 10. The van der Waals surface area contributed by atoms with Crippen molar-refractivity contribution < 1.29 is 48.0 Å². The van der Waals surface area contributed by atoms with Crippen LogP contribution in [0.2, 0.25) is 0 Å². The maximum atomic E-state index is 11.3. The summed E-state index contributed by atoms with van der Waals surface area (Å²) in [5, 5.41) is 10.0. The number of hydrogen-bond donors (Lipinski definition) is 1. The minimum Gasteiger partial charge on any atom is -0.463 e. The largest absolute Gasteiger partial charge is 0.463 e. The Morgan fingerprint density at radius 3 is 1.71 bits per heavy atom. The molecule has 1 saturated heterocycles. The van der Waals surface area contributed by atoms with Crippen molar-refractivity contribution in [3.63, 3.8) is 0 Å². The maximum absolute atomic E-state index is 11.3. The van der Waals surface area contributed by atoms with Gasteiger partial charge in [0.05, 0.1) is 0 Å². The highest BCUT2D eigenvalue weighted by Crippen LogP contribution is 2.28. The standard InChI is InChI=1S/C14H20O10/c1-6(15)20-5-10-11(21-7(2)16)12(22-8(3)17)13(14(19)24-10)23-9(4)18/h10-14,19H,5H2,1-4H3/t10-,11+,12-,13-,14+/m0/s1. The summed E-state index contributed by atoms with van der Waals surface area (Å²) >= 11 is 0. The van der Waals surface area contributed by atoms with Gasteiger partial charge in [0.1, 0.15) is 12.7 Å². The van der Waals surface area contributed by atoms with Crippen molar-refractivity contribution in [2.75, 3.05) is 6.61 Å². The van der Waals surface area contributed by atoms with Gasteiger partial charge in [-0.1, -0.05) is 0 Å². The summed E-state index contributed by atoms with van der Waals surface area (Å²) in [7, 11) is 0. The molecule has 10 heteroatoms. The zero-order valence-electron chi connectivity index (χ0n) is 13.7. The second-order valence-electron chi connectivity index (χ2n) is 5.09. The number of aliphatic hydroxyl groups is 1. The Morgan fingerprint density at radius 2 is 1.25 bits per heavy atom. The van der Waals surface area contributed by atoms with Gasteiger partial charge in [-0.25, -0.2) is 0 Å². The van der Waals surface area contributed by atoms with Crippen molar-refractivity contribution >= 4 is 23.9 Å². The van der Waals surface area contributed by atoms with Crippen LogP contribution < -0.4 is 0 Å². The van der Waals surface area contributed by atoms with Gasteiger partial charge in [-0.05, 0) is 0 Å². The monoisotopic (exact) mass is 348 g/mol. The van der Waals surface area contributed by atoms with E-state index in [1.165, 1.54) is 0 Å². The van der Waals surface area contributed by atoms with Crippen LogP contribution >= 0.6 is 0 Å². The van der Waals surface area contributed by atoms with E-state index in [0.717, 1.165) is 27.7 Å². The second-order valence-corrected chi connectivity index (χ2v) is 5.09. The van der Waals surface area contributed by atoms with Crippen molar-refractivity contribution in [1.29, 1.82) is 0 Å². The predicted molar refractivity (Wildman–Crippen MR) is 74.2 cm³/mol. The molecule has 5 atom stereocenters. The molecule has 0 amide bonds. The second kappa shape index (κ2) is 8.60. The van der Waals surface area contributed by atoms with Crippen LogP contribution in [0.1, 0.15) is 27.7 Å². The third-order valence-corrected chi connectivity index (χ3v) is 2.97. The Hall–Kier alpha value is -2.20. The molecule has 0 aromatic carbocycles. The molecule has 0 aliphatic carbocycles. The SMILES string of the molecule is CC(=O)OC[C@@H]1O[C@@H](O)[C@@H](OC(C)=O)[C@@H](OC(C)=O)[C@@H]1OC(C)=O. The van der Waals surface area contributed by atoms with Crippen LogP contribution in [-0.2, 0) is 42.9 Å². The number of esters is 4. The smallest absolute Gasteiger partial charge is 0.303 e. The zero-order valence-corrected chi connectivity index (χ0v) is 13.7. The van der Waals surface area contributed by atoms with E-state index in [2.05, 4.69) is 0 Å². The Labute approximate surface area is 137 Å². The fourth-order valence-corrected chi connectivity index (χ4v) is 2.21. The lowest BCUT2D eigenvalue weighted by molar-refractivity contribution is -0.296. The minimum absolute atomic E-state index is 0.366. The van der Waals surface area contributed by atoms with E-state index in [0.29, 0.717) is 0 Å². The molecule has 0 saturated carbocycles. The number of carbonyl (C=O) groups excluding carboxylic acids is 4. The average Bonchev–Trinajstić information content (AvgIpc) is 2.42. The first-order valence-corrected chi connectivity index (χ1v) is 7.10. The van der Waals surface area contributed by atoms with Crippen LogP contribution in [0, 0.1) is 0 Å². The molecule has 1 aliphatic rings. The number of rotatable bonds is 5. The predicted octanol–water partition coefficient (Wildman–Crippen LogP) is -0.938. The molecule has 0 bridgehead atoms. The molecule has 1 heterocycles. The highest BCUT2D eigenvalue weighted by atomic mass is 16.7. The molecule has 0 unspecified atom stereocenters. The van der Waals surface area contributed by atoms with Crippen molar-refractivity contribution in [3.8, 4) is 0 Å². The first-order chi connectivity index (χ1) is 11.1. The first-order valence-electron chi connectivity index (χ1n) is 7.10. The molecule has 0 radical (unpaired) electrons. The summed E-state index contributed by atoms with van der Waals surface area (Å²) in [5.41, 5.74) is 0. The number of carbonyl (C=O) groups is 4. The Morgan fingerprint density at radius 1 is 0.792 bits per heavy atom. The van der Waals surface area contributed by atoms with Crippen molar-refractivity contribution in [1.82, 2.24) is 0 Å². The molecule has 0 spiro atoms. The van der Waals surface area contributed by atoms with Crippen LogP contribution in [0.4, 0.5) is 0 Å². The van der Waals surface area contributed by atoms with E-state index in [1.54, 1.807) is 0 Å². The van der Waals surface area contributed by atoms with E-state index in [1.807, 2.05) is 0 Å². The third kappa shape index (κ3) is 5.78. The third-order valence-electron chi connectivity index (χ3n) is 2.97.